The van der Waals surface area contributed by atoms with Gasteiger partial charge in [0.1, 0.15) is 0 Å². The highest BCUT2D eigenvalue weighted by molar-refractivity contribution is 5.45. The van der Waals surface area contributed by atoms with E-state index in [0.29, 0.717) is 0 Å². The van der Waals surface area contributed by atoms with Gasteiger partial charge in [0.2, 0.25) is 0 Å². The summed E-state index contributed by atoms with van der Waals surface area (Å²) < 4.78 is 0. The molecule has 0 aliphatic heterocycles. The minimum Gasteiger partial charge on any atom is -0.310 e. The first-order chi connectivity index (χ1) is 8.23. The van der Waals surface area contributed by atoms with E-state index in [1.807, 2.05) is 0 Å². The van der Waals surface area contributed by atoms with Crippen LogP contribution in [0.5, 0.6) is 0 Å². The predicted molar refractivity (Wildman–Crippen MR) is 67.6 cm³/mol. The van der Waals surface area contributed by atoms with E-state index in [1.54, 1.807) is 0 Å². The van der Waals surface area contributed by atoms with Gasteiger partial charge in [0.15, 0.2) is 0 Å². The van der Waals surface area contributed by atoms with E-state index in [1.165, 1.54) is 29.5 Å². The molecular formula is C15H18N2. The van der Waals surface area contributed by atoms with Crippen molar-refractivity contribution in [2.45, 2.75) is 50.6 Å². The van der Waals surface area contributed by atoms with Crippen molar-refractivity contribution in [3.63, 3.8) is 0 Å². The summed E-state index contributed by atoms with van der Waals surface area (Å²) in [7, 11) is 0. The van der Waals surface area contributed by atoms with Gasteiger partial charge in [-0.1, -0.05) is 23.8 Å². The van der Waals surface area contributed by atoms with Crippen LogP contribution < -0.4 is 5.32 Å². The Hall–Kier alpha value is -1.33. The number of nitrogens with one attached hydrogen (secondary N) is 1. The number of benzene rings is 1. The third kappa shape index (κ3) is 2.08. The molecule has 0 aromatic heterocycles. The highest BCUT2D eigenvalue weighted by atomic mass is 14.9. The van der Waals surface area contributed by atoms with Crippen LogP contribution in [0.3, 0.4) is 0 Å². The van der Waals surface area contributed by atoms with Crippen molar-refractivity contribution in [2.24, 2.45) is 0 Å². The fourth-order valence-electron chi connectivity index (χ4n) is 2.44. The monoisotopic (exact) mass is 226 g/mol. The molecule has 2 aliphatic carbocycles. The Morgan fingerprint density at radius 3 is 2.76 bits per heavy atom. The summed E-state index contributed by atoms with van der Waals surface area (Å²) >= 11 is 0. The fraction of sp³-hybridized carbons (Fsp3) is 0.533. The Kier molecular flexibility index (Phi) is 2.45. The molecule has 0 radical (unpaired) electrons. The SMILES string of the molecule is Cc1ccc(C2(C#N)CC2)c(CNC2CC2)c1. The standard InChI is InChI=1S/C15H18N2/c1-11-2-5-14(15(10-16)6-7-15)12(8-11)9-17-13-3-4-13/h2,5,8,13,17H,3-4,6-7,9H2,1H3. The molecule has 17 heavy (non-hydrogen) atoms. The van der Waals surface area contributed by atoms with E-state index in [4.69, 9.17) is 0 Å². The van der Waals surface area contributed by atoms with Crippen molar-refractivity contribution in [3.8, 4) is 6.07 Å². The molecule has 2 aliphatic rings. The van der Waals surface area contributed by atoms with Gasteiger partial charge in [0.25, 0.3) is 0 Å². The molecule has 2 fully saturated rings. The summed E-state index contributed by atoms with van der Waals surface area (Å²) in [6.07, 6.45) is 4.68. The maximum atomic E-state index is 9.32. The molecule has 0 unspecified atom stereocenters. The fourth-order valence-corrected chi connectivity index (χ4v) is 2.44. The van der Waals surface area contributed by atoms with Crippen LogP contribution in [-0.4, -0.2) is 6.04 Å². The Bertz CT molecular complexity index is 476. The minimum absolute atomic E-state index is 0.158. The summed E-state index contributed by atoms with van der Waals surface area (Å²) in [6, 6.07) is 9.76. The Morgan fingerprint density at radius 2 is 2.18 bits per heavy atom. The average molecular weight is 226 g/mol. The number of hydrogen-bond donors (Lipinski definition) is 1. The number of rotatable bonds is 4. The molecular weight excluding hydrogens is 208 g/mol. The summed E-state index contributed by atoms with van der Waals surface area (Å²) in [4.78, 5) is 0. The van der Waals surface area contributed by atoms with Gasteiger partial charge in [-0.05, 0) is 43.7 Å². The first-order valence-corrected chi connectivity index (χ1v) is 6.48. The van der Waals surface area contributed by atoms with Gasteiger partial charge in [-0.15, -0.1) is 0 Å². The van der Waals surface area contributed by atoms with E-state index in [0.717, 1.165) is 25.4 Å². The Morgan fingerprint density at radius 1 is 1.41 bits per heavy atom. The molecule has 1 N–H and O–H groups in total. The minimum atomic E-state index is -0.158. The van der Waals surface area contributed by atoms with Crippen LogP contribution in [0.25, 0.3) is 0 Å². The van der Waals surface area contributed by atoms with Crippen molar-refractivity contribution >= 4 is 0 Å². The highest BCUT2D eigenvalue weighted by Crippen LogP contribution is 2.48. The molecule has 2 nitrogen and oxygen atoms in total. The van der Waals surface area contributed by atoms with Crippen molar-refractivity contribution in [3.05, 3.63) is 34.9 Å². The molecule has 3 rings (SSSR count). The molecule has 2 saturated carbocycles. The molecule has 2 heteroatoms. The lowest BCUT2D eigenvalue weighted by Crippen LogP contribution is -2.18. The predicted octanol–water partition coefficient (Wildman–Crippen LogP) is 2.80. The van der Waals surface area contributed by atoms with Gasteiger partial charge >= 0.3 is 0 Å². The second kappa shape index (κ2) is 3.85. The number of nitrogens with zero attached hydrogens (tertiary/aromatic N) is 1. The highest BCUT2D eigenvalue weighted by Gasteiger charge is 2.46. The lowest BCUT2D eigenvalue weighted by molar-refractivity contribution is 0.677. The van der Waals surface area contributed by atoms with E-state index in [9.17, 15) is 5.26 Å². The van der Waals surface area contributed by atoms with Crippen molar-refractivity contribution < 1.29 is 0 Å². The molecule has 0 amide bonds. The van der Waals surface area contributed by atoms with Gasteiger partial charge in [0.05, 0.1) is 11.5 Å². The zero-order valence-corrected chi connectivity index (χ0v) is 10.3. The van der Waals surface area contributed by atoms with Gasteiger partial charge < -0.3 is 5.32 Å². The van der Waals surface area contributed by atoms with Gasteiger partial charge in [-0.25, -0.2) is 0 Å². The summed E-state index contributed by atoms with van der Waals surface area (Å²) in [6.45, 7) is 3.04. The number of aryl methyl sites for hydroxylation is 1. The van der Waals surface area contributed by atoms with Crippen LogP contribution in [0, 0.1) is 18.3 Å². The quantitative estimate of drug-likeness (QED) is 0.857. The van der Waals surface area contributed by atoms with Crippen LogP contribution in [0.4, 0.5) is 0 Å². The maximum absolute atomic E-state index is 9.32. The second-order valence-electron chi connectivity index (χ2n) is 5.51. The largest absolute Gasteiger partial charge is 0.310 e. The molecule has 0 heterocycles. The average Bonchev–Trinajstić information content (AvgIpc) is 3.21. The molecule has 1 aromatic carbocycles. The van der Waals surface area contributed by atoms with Crippen molar-refractivity contribution in [1.82, 2.24) is 5.32 Å². The molecule has 0 spiro atoms. The van der Waals surface area contributed by atoms with Crippen LogP contribution in [0.15, 0.2) is 18.2 Å². The Balaban J connectivity index is 1.88. The zero-order valence-electron chi connectivity index (χ0n) is 10.3. The maximum Gasteiger partial charge on any atom is 0.0826 e. The topological polar surface area (TPSA) is 35.8 Å². The molecule has 1 aromatic rings. The third-order valence-electron chi connectivity index (χ3n) is 3.90. The second-order valence-corrected chi connectivity index (χ2v) is 5.51. The van der Waals surface area contributed by atoms with Gasteiger partial charge in [-0.3, -0.25) is 0 Å². The molecule has 0 saturated heterocycles. The van der Waals surface area contributed by atoms with Gasteiger partial charge in [0, 0.05) is 12.6 Å². The number of nitriles is 1. The van der Waals surface area contributed by atoms with Crippen LogP contribution in [-0.2, 0) is 12.0 Å². The zero-order chi connectivity index (χ0) is 11.9. The molecule has 0 bridgehead atoms. The van der Waals surface area contributed by atoms with E-state index in [-0.39, 0.29) is 5.41 Å². The van der Waals surface area contributed by atoms with Crippen molar-refractivity contribution in [2.75, 3.05) is 0 Å². The van der Waals surface area contributed by atoms with Crippen molar-refractivity contribution in [1.29, 1.82) is 5.26 Å². The summed E-state index contributed by atoms with van der Waals surface area (Å²) in [5.74, 6) is 0. The number of hydrogen-bond acceptors (Lipinski definition) is 2. The van der Waals surface area contributed by atoms with Crippen LogP contribution in [0.1, 0.15) is 42.4 Å². The van der Waals surface area contributed by atoms with Gasteiger partial charge in [-0.2, -0.15) is 5.26 Å². The Labute approximate surface area is 103 Å². The van der Waals surface area contributed by atoms with E-state index < -0.39 is 0 Å². The third-order valence-corrected chi connectivity index (χ3v) is 3.90. The summed E-state index contributed by atoms with van der Waals surface area (Å²) in [5, 5.41) is 12.9. The molecule has 88 valence electrons. The lowest BCUT2D eigenvalue weighted by Gasteiger charge is -2.14. The van der Waals surface area contributed by atoms with E-state index in [2.05, 4.69) is 36.5 Å². The molecule has 0 atom stereocenters. The van der Waals surface area contributed by atoms with Crippen LogP contribution in [0.2, 0.25) is 0 Å². The van der Waals surface area contributed by atoms with Crippen LogP contribution >= 0.6 is 0 Å². The summed E-state index contributed by atoms with van der Waals surface area (Å²) in [5.41, 5.74) is 3.72. The lowest BCUT2D eigenvalue weighted by atomic mass is 9.91. The first kappa shape index (κ1) is 10.8. The normalized spacial score (nSPS) is 20.9. The first-order valence-electron chi connectivity index (χ1n) is 6.48. The van der Waals surface area contributed by atoms with E-state index >= 15 is 0 Å². The smallest absolute Gasteiger partial charge is 0.0826 e.